The van der Waals surface area contributed by atoms with Gasteiger partial charge in [-0.3, -0.25) is 4.79 Å². The van der Waals surface area contributed by atoms with Gasteiger partial charge in [-0.15, -0.1) is 0 Å². The number of carbonyl (C=O) groups excluding carboxylic acids is 1. The van der Waals surface area contributed by atoms with E-state index in [2.05, 4.69) is 43.8 Å². The number of benzene rings is 3. The second-order valence-corrected chi connectivity index (χ2v) is 8.97. The van der Waals surface area contributed by atoms with Crippen LogP contribution in [0.4, 0.5) is 5.69 Å². The Hall–Kier alpha value is -3.36. The van der Waals surface area contributed by atoms with Gasteiger partial charge in [0.05, 0.1) is 20.7 Å². The number of carbonyl (C=O) groups is 2. The van der Waals surface area contributed by atoms with Gasteiger partial charge in [-0.25, -0.2) is 4.79 Å². The van der Waals surface area contributed by atoms with Crippen LogP contribution in [-0.4, -0.2) is 24.1 Å². The van der Waals surface area contributed by atoms with Crippen LogP contribution in [-0.2, 0) is 11.4 Å². The molecule has 0 aliphatic rings. The Morgan fingerprint density at radius 1 is 1.15 bits per heavy atom. The monoisotopic (exact) mass is 632 g/mol. The minimum Gasteiger partial charge on any atom is -0.497 e. The van der Waals surface area contributed by atoms with E-state index >= 15 is 0 Å². The predicted molar refractivity (Wildman–Crippen MR) is 140 cm³/mol. The molecule has 0 aliphatic carbocycles. The maximum atomic E-state index is 12.6. The van der Waals surface area contributed by atoms with Gasteiger partial charge in [0, 0.05) is 5.69 Å². The van der Waals surface area contributed by atoms with Crippen molar-refractivity contribution in [3.63, 3.8) is 0 Å². The molecule has 2 N–H and O–H groups in total. The van der Waals surface area contributed by atoms with Crippen molar-refractivity contribution in [3.05, 3.63) is 91.0 Å². The Morgan fingerprint density at radius 2 is 1.82 bits per heavy atom. The molecule has 0 fully saturated rings. The smallest absolute Gasteiger partial charge is 0.335 e. The molecule has 0 unspecified atom stereocenters. The standard InChI is InChI=1S/C25H18BrIN2O5/c1-33-20-8-6-19(7-9-20)29-24(30)18(13-28)10-16-11-21(26)23(22(27)12-16)34-14-15-2-4-17(5-3-15)25(31)32/h2-12H,14H2,1H3,(H,29,30)(H,31,32)/b18-10-. The maximum Gasteiger partial charge on any atom is 0.335 e. The molecule has 1 amide bonds. The quantitative estimate of drug-likeness (QED) is 0.182. The molecule has 7 nitrogen and oxygen atoms in total. The SMILES string of the molecule is COc1ccc(NC(=O)/C(C#N)=C\c2cc(Br)c(OCc3ccc(C(=O)O)cc3)c(I)c2)cc1. The van der Waals surface area contributed by atoms with Gasteiger partial charge in [-0.05, 0) is 104 Å². The van der Waals surface area contributed by atoms with Crippen molar-refractivity contribution in [3.8, 4) is 17.6 Å². The molecule has 0 saturated heterocycles. The highest BCUT2D eigenvalue weighted by Crippen LogP contribution is 2.33. The summed E-state index contributed by atoms with van der Waals surface area (Å²) in [6.45, 7) is 0.247. The second kappa shape index (κ2) is 11.7. The van der Waals surface area contributed by atoms with Crippen molar-refractivity contribution in [1.82, 2.24) is 0 Å². The highest BCUT2D eigenvalue weighted by Gasteiger charge is 2.13. The Bertz CT molecular complexity index is 1260. The van der Waals surface area contributed by atoms with Crippen molar-refractivity contribution < 1.29 is 24.2 Å². The van der Waals surface area contributed by atoms with Crippen molar-refractivity contribution in [2.24, 2.45) is 0 Å². The number of carboxylic acids is 1. The first-order valence-electron chi connectivity index (χ1n) is 9.82. The summed E-state index contributed by atoms with van der Waals surface area (Å²) in [6, 6.07) is 18.7. The molecule has 172 valence electrons. The number of anilines is 1. The van der Waals surface area contributed by atoms with Crippen LogP contribution in [0.15, 0.2) is 70.7 Å². The van der Waals surface area contributed by atoms with Crippen LogP contribution in [0, 0.1) is 14.9 Å². The van der Waals surface area contributed by atoms with E-state index in [0.29, 0.717) is 27.2 Å². The zero-order valence-corrected chi connectivity index (χ0v) is 21.6. The normalized spacial score (nSPS) is 10.8. The van der Waals surface area contributed by atoms with E-state index in [1.54, 1.807) is 55.6 Å². The molecular formula is C25H18BrIN2O5. The fraction of sp³-hybridized carbons (Fsp3) is 0.0800. The van der Waals surface area contributed by atoms with Crippen LogP contribution in [0.1, 0.15) is 21.5 Å². The van der Waals surface area contributed by atoms with Gasteiger partial charge >= 0.3 is 5.97 Å². The van der Waals surface area contributed by atoms with Gasteiger partial charge in [-0.2, -0.15) is 5.26 Å². The average molecular weight is 633 g/mol. The Balaban J connectivity index is 1.73. The summed E-state index contributed by atoms with van der Waals surface area (Å²) in [5.74, 6) is -0.249. The maximum absolute atomic E-state index is 12.6. The molecule has 34 heavy (non-hydrogen) atoms. The summed E-state index contributed by atoms with van der Waals surface area (Å²) in [5, 5.41) is 21.2. The van der Waals surface area contributed by atoms with Crippen molar-refractivity contribution in [1.29, 1.82) is 5.26 Å². The van der Waals surface area contributed by atoms with Crippen molar-refractivity contribution >= 4 is 62.2 Å². The van der Waals surface area contributed by atoms with Crippen molar-refractivity contribution in [2.45, 2.75) is 6.61 Å². The molecule has 0 aromatic heterocycles. The molecule has 0 radical (unpaired) electrons. The first-order chi connectivity index (χ1) is 16.3. The highest BCUT2D eigenvalue weighted by atomic mass is 127. The zero-order valence-electron chi connectivity index (χ0n) is 17.8. The minimum atomic E-state index is -0.983. The van der Waals surface area contributed by atoms with Gasteiger partial charge < -0.3 is 19.9 Å². The molecule has 0 spiro atoms. The first-order valence-corrected chi connectivity index (χ1v) is 11.7. The Kier molecular flexibility index (Phi) is 8.67. The number of halogens is 2. The Morgan fingerprint density at radius 3 is 2.38 bits per heavy atom. The number of nitriles is 1. The van der Waals surface area contributed by atoms with Gasteiger partial charge in [0.15, 0.2) is 0 Å². The van der Waals surface area contributed by atoms with E-state index in [9.17, 15) is 14.9 Å². The molecule has 0 heterocycles. The van der Waals surface area contributed by atoms with Crippen LogP contribution >= 0.6 is 38.5 Å². The lowest BCUT2D eigenvalue weighted by Crippen LogP contribution is -2.13. The van der Waals surface area contributed by atoms with Crippen LogP contribution < -0.4 is 14.8 Å². The molecule has 0 aliphatic heterocycles. The topological polar surface area (TPSA) is 109 Å². The molecule has 3 aromatic rings. The summed E-state index contributed by atoms with van der Waals surface area (Å²) >= 11 is 5.60. The number of methoxy groups -OCH3 is 1. The number of hydrogen-bond acceptors (Lipinski definition) is 5. The van der Waals surface area contributed by atoms with Gasteiger partial charge in [-0.1, -0.05) is 12.1 Å². The van der Waals surface area contributed by atoms with Crippen LogP contribution in [0.25, 0.3) is 6.08 Å². The van der Waals surface area contributed by atoms with Crippen LogP contribution in [0.5, 0.6) is 11.5 Å². The molecule has 0 saturated carbocycles. The number of ether oxygens (including phenoxy) is 2. The van der Waals surface area contributed by atoms with E-state index in [4.69, 9.17) is 14.6 Å². The van der Waals surface area contributed by atoms with E-state index in [1.165, 1.54) is 18.2 Å². The van der Waals surface area contributed by atoms with Crippen LogP contribution in [0.3, 0.4) is 0 Å². The third-order valence-electron chi connectivity index (χ3n) is 4.63. The fourth-order valence-corrected chi connectivity index (χ4v) is 4.66. The van der Waals surface area contributed by atoms with Gasteiger partial charge in [0.1, 0.15) is 29.7 Å². The summed E-state index contributed by atoms with van der Waals surface area (Å²) in [7, 11) is 1.55. The largest absolute Gasteiger partial charge is 0.497 e. The van der Waals surface area contributed by atoms with Crippen molar-refractivity contribution in [2.75, 3.05) is 12.4 Å². The minimum absolute atomic E-state index is 0.0503. The third kappa shape index (κ3) is 6.59. The fourth-order valence-electron chi connectivity index (χ4n) is 2.89. The molecule has 3 rings (SSSR count). The van der Waals surface area contributed by atoms with Crippen LogP contribution in [0.2, 0.25) is 0 Å². The number of rotatable bonds is 8. The van der Waals surface area contributed by atoms with Gasteiger partial charge in [0.2, 0.25) is 0 Å². The number of amides is 1. The average Bonchev–Trinajstić information content (AvgIpc) is 2.82. The summed E-state index contributed by atoms with van der Waals surface area (Å²) in [6.07, 6.45) is 1.50. The number of aromatic carboxylic acids is 1. The number of hydrogen-bond donors (Lipinski definition) is 2. The summed E-state index contributed by atoms with van der Waals surface area (Å²) in [5.41, 5.74) is 2.17. The highest BCUT2D eigenvalue weighted by molar-refractivity contribution is 14.1. The lowest BCUT2D eigenvalue weighted by molar-refractivity contribution is -0.112. The molecule has 0 atom stereocenters. The number of nitrogens with zero attached hydrogens (tertiary/aromatic N) is 1. The summed E-state index contributed by atoms with van der Waals surface area (Å²) < 4.78 is 12.4. The van der Waals surface area contributed by atoms with E-state index in [0.717, 1.165) is 9.13 Å². The summed E-state index contributed by atoms with van der Waals surface area (Å²) in [4.78, 5) is 23.5. The van der Waals surface area contributed by atoms with Gasteiger partial charge in [0.25, 0.3) is 5.91 Å². The van der Waals surface area contributed by atoms with E-state index in [-0.39, 0.29) is 17.7 Å². The molecule has 0 bridgehead atoms. The number of carboxylic acid groups (broad SMARTS) is 1. The number of nitrogens with one attached hydrogen (secondary N) is 1. The third-order valence-corrected chi connectivity index (χ3v) is 6.02. The second-order valence-electron chi connectivity index (χ2n) is 6.96. The molecule has 3 aromatic carbocycles. The van der Waals surface area contributed by atoms with E-state index in [1.807, 2.05) is 6.07 Å². The lowest BCUT2D eigenvalue weighted by Gasteiger charge is -2.12. The lowest BCUT2D eigenvalue weighted by atomic mass is 10.1. The predicted octanol–water partition coefficient (Wildman–Crippen LogP) is 5.89. The Labute approximate surface area is 218 Å². The molecule has 9 heteroatoms. The molecular weight excluding hydrogens is 615 g/mol. The van der Waals surface area contributed by atoms with E-state index < -0.39 is 11.9 Å². The first kappa shape index (κ1) is 25.3. The zero-order chi connectivity index (χ0) is 24.7.